The average molecular weight is 238 g/mol. The van der Waals surface area contributed by atoms with E-state index in [0.717, 1.165) is 22.6 Å². The predicted molar refractivity (Wildman–Crippen MR) is 77.6 cm³/mol. The van der Waals surface area contributed by atoms with Gasteiger partial charge in [0.25, 0.3) is 0 Å². The summed E-state index contributed by atoms with van der Waals surface area (Å²) in [6.45, 7) is 9.93. The zero-order chi connectivity index (χ0) is 13.1. The van der Waals surface area contributed by atoms with Crippen LogP contribution in [0.4, 0.5) is 5.82 Å². The number of nitrogens with one attached hydrogen (secondary N) is 1. The lowest BCUT2D eigenvalue weighted by molar-refractivity contribution is 1.22. The van der Waals surface area contributed by atoms with Gasteiger partial charge in [-0.05, 0) is 43.5 Å². The third-order valence-corrected chi connectivity index (χ3v) is 2.87. The lowest BCUT2D eigenvalue weighted by atomic mass is 10.0. The van der Waals surface area contributed by atoms with Crippen LogP contribution in [0.3, 0.4) is 0 Å². The van der Waals surface area contributed by atoms with E-state index < -0.39 is 0 Å². The Morgan fingerprint density at radius 2 is 1.89 bits per heavy atom. The number of aryl methyl sites for hydroxylation is 2. The van der Waals surface area contributed by atoms with Gasteiger partial charge < -0.3 is 5.32 Å². The summed E-state index contributed by atoms with van der Waals surface area (Å²) in [5.41, 5.74) is 5.67. The molecule has 1 heterocycles. The molecule has 0 aliphatic carbocycles. The van der Waals surface area contributed by atoms with Crippen LogP contribution >= 0.6 is 0 Å². The Kier molecular flexibility index (Phi) is 3.47. The minimum atomic E-state index is 0.875. The van der Waals surface area contributed by atoms with Crippen molar-refractivity contribution in [2.75, 3.05) is 5.32 Å². The highest BCUT2D eigenvalue weighted by molar-refractivity contribution is 5.68. The maximum absolute atomic E-state index is 4.46. The Balaban J connectivity index is 2.40. The second-order valence-corrected chi connectivity index (χ2v) is 4.61. The summed E-state index contributed by atoms with van der Waals surface area (Å²) in [5, 5.41) is 3.16. The Morgan fingerprint density at radius 3 is 2.50 bits per heavy atom. The van der Waals surface area contributed by atoms with Gasteiger partial charge in [0, 0.05) is 17.5 Å². The first-order valence-corrected chi connectivity index (χ1v) is 6.03. The summed E-state index contributed by atoms with van der Waals surface area (Å²) in [7, 11) is 0. The highest BCUT2D eigenvalue weighted by Crippen LogP contribution is 2.25. The summed E-state index contributed by atoms with van der Waals surface area (Å²) in [4.78, 5) is 4.46. The molecule has 0 amide bonds. The molecule has 2 heteroatoms. The summed E-state index contributed by atoms with van der Waals surface area (Å²) >= 11 is 0. The molecule has 0 unspecified atom stereocenters. The molecule has 0 radical (unpaired) electrons. The summed E-state index contributed by atoms with van der Waals surface area (Å²) in [6, 6.07) is 10.5. The molecule has 2 nitrogen and oxygen atoms in total. The van der Waals surface area contributed by atoms with Crippen LogP contribution in [0, 0.1) is 13.8 Å². The van der Waals surface area contributed by atoms with Crippen LogP contribution in [0.15, 0.2) is 48.8 Å². The number of allylic oxidation sites excluding steroid dienone is 1. The molecule has 0 saturated heterocycles. The van der Waals surface area contributed by atoms with E-state index in [1.165, 1.54) is 11.1 Å². The topological polar surface area (TPSA) is 24.9 Å². The van der Waals surface area contributed by atoms with Crippen LogP contribution in [-0.4, -0.2) is 4.98 Å². The van der Waals surface area contributed by atoms with Crippen LogP contribution in [0.5, 0.6) is 0 Å². The van der Waals surface area contributed by atoms with E-state index in [9.17, 15) is 0 Å². The number of aromatic nitrogens is 1. The Morgan fingerprint density at radius 1 is 1.17 bits per heavy atom. The van der Waals surface area contributed by atoms with Gasteiger partial charge in [0.05, 0.1) is 0 Å². The van der Waals surface area contributed by atoms with Crippen molar-refractivity contribution in [2.45, 2.75) is 20.8 Å². The molecule has 0 saturated carbocycles. The van der Waals surface area contributed by atoms with E-state index in [0.29, 0.717) is 0 Å². The predicted octanol–water partition coefficient (Wildman–Crippen LogP) is 4.31. The van der Waals surface area contributed by atoms with E-state index in [4.69, 9.17) is 0 Å². The molecule has 0 aliphatic heterocycles. The number of pyridine rings is 1. The summed E-state index contributed by atoms with van der Waals surface area (Å²) in [5.74, 6) is 0.875. The molecule has 18 heavy (non-hydrogen) atoms. The fraction of sp³-hybridized carbons (Fsp3) is 0.188. The second kappa shape index (κ2) is 5.05. The molecule has 0 fully saturated rings. The monoisotopic (exact) mass is 238 g/mol. The number of anilines is 1. The fourth-order valence-electron chi connectivity index (χ4n) is 1.95. The van der Waals surface area contributed by atoms with Gasteiger partial charge in [-0.2, -0.15) is 0 Å². The molecule has 1 aromatic carbocycles. The normalized spacial score (nSPS) is 10.2. The van der Waals surface area contributed by atoms with Gasteiger partial charge in [-0.25, -0.2) is 4.98 Å². The molecule has 0 aliphatic rings. The zero-order valence-corrected chi connectivity index (χ0v) is 11.1. The van der Waals surface area contributed by atoms with Crippen molar-refractivity contribution in [1.29, 1.82) is 0 Å². The van der Waals surface area contributed by atoms with Gasteiger partial charge in [-0.3, -0.25) is 0 Å². The molecule has 2 aromatic rings. The van der Waals surface area contributed by atoms with E-state index in [2.05, 4.69) is 61.1 Å². The highest BCUT2D eigenvalue weighted by atomic mass is 15.0. The number of benzene rings is 1. The largest absolute Gasteiger partial charge is 0.344 e. The third-order valence-electron chi connectivity index (χ3n) is 2.87. The van der Waals surface area contributed by atoms with Crippen molar-refractivity contribution in [3.05, 3.63) is 59.9 Å². The van der Waals surface area contributed by atoms with E-state index in [1.54, 1.807) is 0 Å². The van der Waals surface area contributed by atoms with Crippen molar-refractivity contribution in [2.24, 2.45) is 0 Å². The molecule has 92 valence electrons. The minimum absolute atomic E-state index is 0.875. The number of rotatable bonds is 3. The van der Waals surface area contributed by atoms with Gasteiger partial charge in [-0.15, -0.1) is 0 Å². The molecule has 0 atom stereocenters. The molecule has 1 N–H and O–H groups in total. The number of hydrogen-bond acceptors (Lipinski definition) is 2. The van der Waals surface area contributed by atoms with Gasteiger partial charge in [0.1, 0.15) is 5.82 Å². The van der Waals surface area contributed by atoms with Crippen molar-refractivity contribution in [3.8, 4) is 11.1 Å². The van der Waals surface area contributed by atoms with Gasteiger partial charge in [-0.1, -0.05) is 30.8 Å². The quantitative estimate of drug-likeness (QED) is 0.861. The van der Waals surface area contributed by atoms with Crippen LogP contribution in [0.1, 0.15) is 18.1 Å². The van der Waals surface area contributed by atoms with Gasteiger partial charge in [0.2, 0.25) is 0 Å². The number of hydrogen-bond donors (Lipinski definition) is 1. The van der Waals surface area contributed by atoms with Gasteiger partial charge in [0.15, 0.2) is 0 Å². The molecule has 0 bridgehead atoms. The number of nitrogens with zero attached hydrogens (tertiary/aromatic N) is 1. The minimum Gasteiger partial charge on any atom is -0.344 e. The second-order valence-electron chi connectivity index (χ2n) is 4.61. The molecular weight excluding hydrogens is 220 g/mol. The molecule has 2 rings (SSSR count). The first-order valence-electron chi connectivity index (χ1n) is 6.03. The lowest BCUT2D eigenvalue weighted by Gasteiger charge is -2.11. The van der Waals surface area contributed by atoms with Crippen molar-refractivity contribution < 1.29 is 0 Å². The zero-order valence-electron chi connectivity index (χ0n) is 11.1. The van der Waals surface area contributed by atoms with E-state index in [1.807, 2.05) is 13.1 Å². The third kappa shape index (κ3) is 2.59. The van der Waals surface area contributed by atoms with Crippen LogP contribution in [-0.2, 0) is 0 Å². The standard InChI is InChI=1S/C16H18N2/c1-11(2)18-16-13(4)9-14(10-17-16)15-8-6-5-7-12(15)3/h5-10H,1H2,2-4H3,(H,17,18). The van der Waals surface area contributed by atoms with Gasteiger partial charge >= 0.3 is 0 Å². The first-order chi connectivity index (χ1) is 8.58. The van der Waals surface area contributed by atoms with E-state index >= 15 is 0 Å². The van der Waals surface area contributed by atoms with E-state index in [-0.39, 0.29) is 0 Å². The smallest absolute Gasteiger partial charge is 0.132 e. The summed E-state index contributed by atoms with van der Waals surface area (Å²) < 4.78 is 0. The highest BCUT2D eigenvalue weighted by Gasteiger charge is 2.05. The van der Waals surface area contributed by atoms with Crippen LogP contribution < -0.4 is 5.32 Å². The summed E-state index contributed by atoms with van der Waals surface area (Å²) in [6.07, 6.45) is 1.90. The fourth-order valence-corrected chi connectivity index (χ4v) is 1.95. The molecule has 0 spiro atoms. The van der Waals surface area contributed by atoms with Crippen molar-refractivity contribution >= 4 is 5.82 Å². The first kappa shape index (κ1) is 12.4. The lowest BCUT2D eigenvalue weighted by Crippen LogP contribution is -1.99. The van der Waals surface area contributed by atoms with Crippen LogP contribution in [0.25, 0.3) is 11.1 Å². The average Bonchev–Trinajstić information content (AvgIpc) is 2.32. The van der Waals surface area contributed by atoms with Crippen LogP contribution in [0.2, 0.25) is 0 Å². The Hall–Kier alpha value is -2.09. The van der Waals surface area contributed by atoms with Crippen molar-refractivity contribution in [1.82, 2.24) is 4.98 Å². The maximum Gasteiger partial charge on any atom is 0.132 e. The SMILES string of the molecule is C=C(C)Nc1ncc(-c2ccccc2C)cc1C. The Bertz CT molecular complexity index is 585. The molecular formula is C16H18N2. The Labute approximate surface area is 108 Å². The maximum atomic E-state index is 4.46. The molecule has 1 aromatic heterocycles. The van der Waals surface area contributed by atoms with Crippen molar-refractivity contribution in [3.63, 3.8) is 0 Å².